The Labute approximate surface area is 107 Å². The molecule has 0 bridgehead atoms. The van der Waals surface area contributed by atoms with Crippen molar-refractivity contribution in [1.29, 1.82) is 5.26 Å². The summed E-state index contributed by atoms with van der Waals surface area (Å²) < 4.78 is 0.923. The average molecular weight is 289 g/mol. The number of rotatable bonds is 2. The van der Waals surface area contributed by atoms with Crippen LogP contribution in [0.1, 0.15) is 5.56 Å². The van der Waals surface area contributed by atoms with Gasteiger partial charge in [-0.1, -0.05) is 34.1 Å². The summed E-state index contributed by atoms with van der Waals surface area (Å²) in [6, 6.07) is 9.73. The van der Waals surface area contributed by atoms with Gasteiger partial charge in [0.25, 0.3) is 0 Å². The first kappa shape index (κ1) is 11.6. The maximum atomic E-state index is 8.89. The number of anilines is 1. The zero-order chi connectivity index (χ0) is 12.3. The monoisotopic (exact) mass is 288 g/mol. The molecule has 84 valence electrons. The Morgan fingerprint density at radius 3 is 2.76 bits per heavy atom. The molecule has 1 heterocycles. The average Bonchev–Trinajstić information content (AvgIpc) is 2.38. The first-order valence-electron chi connectivity index (χ1n) is 4.96. The highest BCUT2D eigenvalue weighted by Gasteiger charge is 2.09. The highest BCUT2D eigenvalue weighted by Crippen LogP contribution is 2.26. The van der Waals surface area contributed by atoms with Crippen molar-refractivity contribution >= 4 is 21.7 Å². The van der Waals surface area contributed by atoms with Crippen LogP contribution in [0.2, 0.25) is 0 Å². The van der Waals surface area contributed by atoms with Gasteiger partial charge in [-0.3, -0.25) is 0 Å². The van der Waals surface area contributed by atoms with Crippen molar-refractivity contribution in [2.24, 2.45) is 0 Å². The molecule has 0 saturated carbocycles. The van der Waals surface area contributed by atoms with Crippen LogP contribution in [-0.2, 0) is 0 Å². The molecule has 17 heavy (non-hydrogen) atoms. The number of nitriles is 1. The lowest BCUT2D eigenvalue weighted by Gasteiger charge is -2.06. The SMILES string of the molecule is CNc1nc(-c2ccccc2Br)ncc1C#N. The molecule has 0 aliphatic carbocycles. The molecular weight excluding hydrogens is 280 g/mol. The van der Waals surface area contributed by atoms with E-state index in [2.05, 4.69) is 31.2 Å². The van der Waals surface area contributed by atoms with E-state index < -0.39 is 0 Å². The largest absolute Gasteiger partial charge is 0.372 e. The summed E-state index contributed by atoms with van der Waals surface area (Å²) in [5, 5.41) is 11.8. The Balaban J connectivity index is 2.55. The van der Waals surface area contributed by atoms with Gasteiger partial charge in [0.2, 0.25) is 0 Å². The van der Waals surface area contributed by atoms with Crippen molar-refractivity contribution < 1.29 is 0 Å². The second kappa shape index (κ2) is 4.93. The van der Waals surface area contributed by atoms with E-state index in [0.29, 0.717) is 17.2 Å². The smallest absolute Gasteiger partial charge is 0.162 e. The van der Waals surface area contributed by atoms with Gasteiger partial charge < -0.3 is 5.32 Å². The number of benzene rings is 1. The second-order valence-corrected chi connectivity index (χ2v) is 4.15. The molecule has 0 aliphatic heterocycles. The highest BCUT2D eigenvalue weighted by atomic mass is 79.9. The molecule has 0 spiro atoms. The van der Waals surface area contributed by atoms with Gasteiger partial charge in [-0.25, -0.2) is 9.97 Å². The van der Waals surface area contributed by atoms with Gasteiger partial charge in [-0.05, 0) is 6.07 Å². The number of nitrogens with one attached hydrogen (secondary N) is 1. The molecule has 5 heteroatoms. The van der Waals surface area contributed by atoms with Gasteiger partial charge in [0.1, 0.15) is 17.5 Å². The molecule has 1 N–H and O–H groups in total. The summed E-state index contributed by atoms with van der Waals surface area (Å²) in [7, 11) is 1.73. The molecule has 2 aromatic rings. The second-order valence-electron chi connectivity index (χ2n) is 3.30. The minimum Gasteiger partial charge on any atom is -0.372 e. The van der Waals surface area contributed by atoms with Crippen LogP contribution in [0.4, 0.5) is 5.82 Å². The van der Waals surface area contributed by atoms with Crippen molar-refractivity contribution in [3.63, 3.8) is 0 Å². The highest BCUT2D eigenvalue weighted by molar-refractivity contribution is 9.10. The van der Waals surface area contributed by atoms with Gasteiger partial charge in [0.15, 0.2) is 5.82 Å². The Kier molecular flexibility index (Phi) is 3.35. The molecule has 1 aromatic heterocycles. The van der Waals surface area contributed by atoms with Crippen LogP contribution in [0, 0.1) is 11.3 Å². The summed E-state index contributed by atoms with van der Waals surface area (Å²) >= 11 is 3.45. The van der Waals surface area contributed by atoms with E-state index in [9.17, 15) is 0 Å². The Morgan fingerprint density at radius 2 is 2.12 bits per heavy atom. The maximum Gasteiger partial charge on any atom is 0.162 e. The first-order valence-corrected chi connectivity index (χ1v) is 5.75. The fourth-order valence-electron chi connectivity index (χ4n) is 1.43. The Morgan fingerprint density at radius 1 is 1.35 bits per heavy atom. The minimum atomic E-state index is 0.434. The van der Waals surface area contributed by atoms with Gasteiger partial charge in [0.05, 0.1) is 6.20 Å². The van der Waals surface area contributed by atoms with Crippen LogP contribution in [-0.4, -0.2) is 17.0 Å². The lowest BCUT2D eigenvalue weighted by molar-refractivity contribution is 1.15. The minimum absolute atomic E-state index is 0.434. The van der Waals surface area contributed by atoms with Crippen molar-refractivity contribution in [1.82, 2.24) is 9.97 Å². The van der Waals surface area contributed by atoms with E-state index in [-0.39, 0.29) is 0 Å². The van der Waals surface area contributed by atoms with Gasteiger partial charge in [-0.2, -0.15) is 5.26 Å². The normalized spacial score (nSPS) is 9.71. The molecule has 0 fully saturated rings. The Bertz CT molecular complexity index is 589. The van der Waals surface area contributed by atoms with E-state index in [1.54, 1.807) is 7.05 Å². The number of hydrogen-bond acceptors (Lipinski definition) is 4. The fourth-order valence-corrected chi connectivity index (χ4v) is 1.89. The van der Waals surface area contributed by atoms with Crippen LogP contribution in [0.3, 0.4) is 0 Å². The lowest BCUT2D eigenvalue weighted by Crippen LogP contribution is -2.00. The van der Waals surface area contributed by atoms with E-state index >= 15 is 0 Å². The standard InChI is InChI=1S/C12H9BrN4/c1-15-11-8(6-14)7-16-12(17-11)9-4-2-3-5-10(9)13/h2-5,7H,1H3,(H,15,16,17). The molecule has 0 saturated heterocycles. The van der Waals surface area contributed by atoms with E-state index in [1.807, 2.05) is 30.3 Å². The predicted octanol–water partition coefficient (Wildman–Crippen LogP) is 2.82. The summed E-state index contributed by atoms with van der Waals surface area (Å²) in [5.41, 5.74) is 1.33. The summed E-state index contributed by atoms with van der Waals surface area (Å²) in [4.78, 5) is 8.50. The number of nitrogens with zero attached hydrogens (tertiary/aromatic N) is 3. The molecule has 0 atom stereocenters. The van der Waals surface area contributed by atoms with Crippen molar-refractivity contribution in [2.45, 2.75) is 0 Å². The third kappa shape index (κ3) is 2.27. The van der Waals surface area contributed by atoms with E-state index in [1.165, 1.54) is 6.20 Å². The summed E-state index contributed by atoms with van der Waals surface area (Å²) in [5.74, 6) is 1.12. The molecule has 4 nitrogen and oxygen atoms in total. The molecular formula is C12H9BrN4. The predicted molar refractivity (Wildman–Crippen MR) is 69.4 cm³/mol. The first-order chi connectivity index (χ1) is 8.26. The number of halogens is 1. The molecule has 2 rings (SSSR count). The van der Waals surface area contributed by atoms with Crippen LogP contribution in [0.25, 0.3) is 11.4 Å². The van der Waals surface area contributed by atoms with Crippen molar-refractivity contribution in [3.8, 4) is 17.5 Å². The number of hydrogen-bond donors (Lipinski definition) is 1. The molecule has 0 aliphatic rings. The van der Waals surface area contributed by atoms with Crippen LogP contribution < -0.4 is 5.32 Å². The number of aromatic nitrogens is 2. The zero-order valence-corrected chi connectivity index (χ0v) is 10.7. The van der Waals surface area contributed by atoms with Crippen LogP contribution in [0.15, 0.2) is 34.9 Å². The third-order valence-corrected chi connectivity index (χ3v) is 2.95. The van der Waals surface area contributed by atoms with Crippen LogP contribution >= 0.6 is 15.9 Å². The quantitative estimate of drug-likeness (QED) is 0.923. The van der Waals surface area contributed by atoms with Gasteiger partial charge in [-0.15, -0.1) is 0 Å². The van der Waals surface area contributed by atoms with E-state index in [4.69, 9.17) is 5.26 Å². The van der Waals surface area contributed by atoms with Gasteiger partial charge >= 0.3 is 0 Å². The van der Waals surface area contributed by atoms with Crippen molar-refractivity contribution in [3.05, 3.63) is 40.5 Å². The molecule has 0 amide bonds. The third-order valence-electron chi connectivity index (χ3n) is 2.26. The van der Waals surface area contributed by atoms with Gasteiger partial charge in [0, 0.05) is 17.1 Å². The zero-order valence-electron chi connectivity index (χ0n) is 9.11. The Hall–Kier alpha value is -1.93. The maximum absolute atomic E-state index is 8.89. The topological polar surface area (TPSA) is 61.6 Å². The van der Waals surface area contributed by atoms with Crippen LogP contribution in [0.5, 0.6) is 0 Å². The fraction of sp³-hybridized carbons (Fsp3) is 0.0833. The summed E-state index contributed by atoms with van der Waals surface area (Å²) in [6.45, 7) is 0. The molecule has 1 aromatic carbocycles. The summed E-state index contributed by atoms with van der Waals surface area (Å²) in [6.07, 6.45) is 1.52. The van der Waals surface area contributed by atoms with Crippen molar-refractivity contribution in [2.75, 3.05) is 12.4 Å². The lowest BCUT2D eigenvalue weighted by atomic mass is 10.2. The molecule has 0 radical (unpaired) electrons. The molecule has 0 unspecified atom stereocenters. The van der Waals surface area contributed by atoms with E-state index in [0.717, 1.165) is 10.0 Å².